The summed E-state index contributed by atoms with van der Waals surface area (Å²) in [5.74, 6) is 1.26. The lowest BCUT2D eigenvalue weighted by atomic mass is 9.97. The van der Waals surface area contributed by atoms with Crippen molar-refractivity contribution in [1.82, 2.24) is 24.9 Å². The highest BCUT2D eigenvalue weighted by Crippen LogP contribution is 2.35. The Morgan fingerprint density at radius 3 is 1.18 bits per heavy atom. The molecule has 0 unspecified atom stereocenters. The number of nitrogens with zero attached hydrogens (tertiary/aromatic N) is 5. The van der Waals surface area contributed by atoms with Crippen LogP contribution in [0.3, 0.4) is 0 Å². The molecule has 0 radical (unpaired) electrons. The van der Waals surface area contributed by atoms with Gasteiger partial charge in [-0.05, 0) is 53.1 Å². The van der Waals surface area contributed by atoms with Crippen LogP contribution in [0.2, 0.25) is 0 Å². The molecule has 9 rings (SSSR count). The fourth-order valence-electron chi connectivity index (χ4n) is 7.21. The number of hydrogen-bond acceptors (Lipinski definition) is 5. The van der Waals surface area contributed by atoms with Crippen LogP contribution >= 0.6 is 0 Å². The molecule has 0 aliphatic carbocycles. The molecule has 0 aliphatic heterocycles. The second-order valence-corrected chi connectivity index (χ2v) is 14.2. The Balaban J connectivity index is 1.16. The van der Waals surface area contributed by atoms with Crippen LogP contribution in [-0.4, -0.2) is 24.9 Å². The summed E-state index contributed by atoms with van der Waals surface area (Å²) in [5.41, 5.74) is 14.7. The van der Waals surface area contributed by atoms with Crippen LogP contribution in [-0.2, 0) is 0 Å². The van der Waals surface area contributed by atoms with E-state index in [9.17, 15) is 0 Å². The van der Waals surface area contributed by atoms with Crippen LogP contribution < -0.4 is 0 Å². The Labute approximate surface area is 350 Å². The molecule has 9 aromatic rings. The van der Waals surface area contributed by atoms with Crippen molar-refractivity contribution in [2.24, 2.45) is 0 Å². The highest BCUT2D eigenvalue weighted by atomic mass is 14.9. The number of benzene rings is 6. The molecule has 5 heteroatoms. The van der Waals surface area contributed by atoms with Crippen LogP contribution in [0.15, 0.2) is 226 Å². The van der Waals surface area contributed by atoms with E-state index in [0.29, 0.717) is 11.6 Å². The molecular formula is C55H39N5. The van der Waals surface area contributed by atoms with E-state index in [1.165, 1.54) is 0 Å². The smallest absolute Gasteiger partial charge is 0.160 e. The number of aromatic nitrogens is 5. The molecule has 0 saturated heterocycles. The van der Waals surface area contributed by atoms with Crippen molar-refractivity contribution in [3.05, 3.63) is 231 Å². The standard InChI is InChI=1S/C55H39N5/c1-3-19-38(4-2)50-36-51(40-22-11-6-12-23-40)58-55(57-50)46-31-18-29-44(33-46)49-35-47(34-48(56-49)39-20-9-5-10-21-39)43-28-17-30-45(32-43)54-59-52(41-24-13-7-14-25-41)37-53(60-54)42-26-15-8-16-27-42/h3-37H,1-2H2/b38-19+. The molecular weight excluding hydrogens is 731 g/mol. The lowest BCUT2D eigenvalue weighted by molar-refractivity contribution is 1.16. The summed E-state index contributed by atoms with van der Waals surface area (Å²) in [6.45, 7) is 7.95. The fourth-order valence-corrected chi connectivity index (χ4v) is 7.21. The minimum atomic E-state index is 0.602. The fraction of sp³-hybridized carbons (Fsp3) is 0. The van der Waals surface area contributed by atoms with E-state index >= 15 is 0 Å². The third kappa shape index (κ3) is 8.15. The molecule has 60 heavy (non-hydrogen) atoms. The molecule has 6 aromatic carbocycles. The predicted octanol–water partition coefficient (Wildman–Crippen LogP) is 13.8. The van der Waals surface area contributed by atoms with Crippen molar-refractivity contribution in [2.75, 3.05) is 0 Å². The zero-order chi connectivity index (χ0) is 40.7. The molecule has 0 amide bonds. The highest BCUT2D eigenvalue weighted by Gasteiger charge is 2.16. The van der Waals surface area contributed by atoms with Crippen molar-refractivity contribution < 1.29 is 0 Å². The second-order valence-electron chi connectivity index (χ2n) is 14.2. The maximum atomic E-state index is 5.25. The van der Waals surface area contributed by atoms with Crippen molar-refractivity contribution in [2.45, 2.75) is 0 Å². The van der Waals surface area contributed by atoms with Gasteiger partial charge in [0.15, 0.2) is 11.6 Å². The highest BCUT2D eigenvalue weighted by molar-refractivity contribution is 5.82. The van der Waals surface area contributed by atoms with E-state index in [2.05, 4.69) is 116 Å². The maximum absolute atomic E-state index is 5.25. The third-order valence-corrected chi connectivity index (χ3v) is 10.2. The summed E-state index contributed by atoms with van der Waals surface area (Å²) in [7, 11) is 0. The van der Waals surface area contributed by atoms with E-state index in [1.54, 1.807) is 12.2 Å². The molecule has 0 saturated carbocycles. The largest absolute Gasteiger partial charge is 0.248 e. The van der Waals surface area contributed by atoms with Gasteiger partial charge in [-0.1, -0.05) is 189 Å². The summed E-state index contributed by atoms with van der Waals surface area (Å²) >= 11 is 0. The minimum absolute atomic E-state index is 0.602. The summed E-state index contributed by atoms with van der Waals surface area (Å²) < 4.78 is 0. The van der Waals surface area contributed by atoms with E-state index < -0.39 is 0 Å². The molecule has 0 atom stereocenters. The summed E-state index contributed by atoms with van der Waals surface area (Å²) in [5, 5.41) is 0. The maximum Gasteiger partial charge on any atom is 0.160 e. The predicted molar refractivity (Wildman–Crippen MR) is 247 cm³/mol. The Kier molecular flexibility index (Phi) is 10.7. The monoisotopic (exact) mass is 769 g/mol. The van der Waals surface area contributed by atoms with Gasteiger partial charge in [-0.15, -0.1) is 0 Å². The van der Waals surface area contributed by atoms with Crippen molar-refractivity contribution >= 4 is 5.57 Å². The third-order valence-electron chi connectivity index (χ3n) is 10.2. The Morgan fingerprint density at radius 2 is 0.700 bits per heavy atom. The van der Waals surface area contributed by atoms with Crippen LogP contribution in [0.25, 0.3) is 95.8 Å². The summed E-state index contributed by atoms with van der Waals surface area (Å²) in [6, 6.07) is 66.0. The molecule has 0 N–H and O–H groups in total. The number of allylic oxidation sites excluding steroid dienone is 4. The summed E-state index contributed by atoms with van der Waals surface area (Å²) in [4.78, 5) is 25.6. The topological polar surface area (TPSA) is 64.5 Å². The first-order valence-electron chi connectivity index (χ1n) is 19.8. The lowest BCUT2D eigenvalue weighted by Crippen LogP contribution is -1.98. The SMILES string of the molecule is C=C/C=C(\C=C)c1cc(-c2ccccc2)nc(-c2cccc(-c3cc(-c4cccc(-c5nc(-c6ccccc6)cc(-c6ccccc6)n5)c4)cc(-c4ccccc4)n3)c2)n1. The number of hydrogen-bond donors (Lipinski definition) is 0. The molecule has 5 nitrogen and oxygen atoms in total. The van der Waals surface area contributed by atoms with Gasteiger partial charge < -0.3 is 0 Å². The average molecular weight is 770 g/mol. The van der Waals surface area contributed by atoms with Crippen LogP contribution in [0.5, 0.6) is 0 Å². The molecule has 0 fully saturated rings. The first-order chi connectivity index (χ1) is 29.6. The van der Waals surface area contributed by atoms with Gasteiger partial charge in [0, 0.05) is 38.9 Å². The Bertz CT molecular complexity index is 2940. The zero-order valence-electron chi connectivity index (χ0n) is 32.9. The second kappa shape index (κ2) is 17.1. The van der Waals surface area contributed by atoms with Crippen LogP contribution in [0.1, 0.15) is 5.69 Å². The van der Waals surface area contributed by atoms with Crippen LogP contribution in [0.4, 0.5) is 0 Å². The quantitative estimate of drug-likeness (QED) is 0.123. The van der Waals surface area contributed by atoms with Gasteiger partial charge in [-0.2, -0.15) is 0 Å². The molecule has 284 valence electrons. The van der Waals surface area contributed by atoms with Gasteiger partial charge in [0.05, 0.1) is 34.2 Å². The minimum Gasteiger partial charge on any atom is -0.248 e. The van der Waals surface area contributed by atoms with Gasteiger partial charge in [0.25, 0.3) is 0 Å². The molecule has 0 bridgehead atoms. The number of pyridine rings is 1. The van der Waals surface area contributed by atoms with Gasteiger partial charge >= 0.3 is 0 Å². The molecule has 3 aromatic heterocycles. The lowest BCUT2D eigenvalue weighted by Gasteiger charge is -2.13. The Morgan fingerprint density at radius 1 is 0.317 bits per heavy atom. The van der Waals surface area contributed by atoms with Crippen molar-refractivity contribution in [3.63, 3.8) is 0 Å². The van der Waals surface area contributed by atoms with Gasteiger partial charge in [0.1, 0.15) is 0 Å². The van der Waals surface area contributed by atoms with E-state index in [0.717, 1.165) is 89.8 Å². The average Bonchev–Trinajstić information content (AvgIpc) is 3.34. The summed E-state index contributed by atoms with van der Waals surface area (Å²) in [6.07, 6.45) is 5.45. The van der Waals surface area contributed by atoms with Crippen molar-refractivity contribution in [3.8, 4) is 90.2 Å². The molecule has 0 aliphatic rings. The molecule has 0 spiro atoms. The van der Waals surface area contributed by atoms with Crippen molar-refractivity contribution in [1.29, 1.82) is 0 Å². The first kappa shape index (κ1) is 37.4. The zero-order valence-corrected chi connectivity index (χ0v) is 32.9. The van der Waals surface area contributed by atoms with E-state index in [1.807, 2.05) is 97.1 Å². The van der Waals surface area contributed by atoms with E-state index in [4.69, 9.17) is 24.9 Å². The first-order valence-corrected chi connectivity index (χ1v) is 19.8. The van der Waals surface area contributed by atoms with Gasteiger partial charge in [-0.25, -0.2) is 24.9 Å². The van der Waals surface area contributed by atoms with Gasteiger partial charge in [0.2, 0.25) is 0 Å². The normalized spacial score (nSPS) is 11.2. The Hall–Kier alpha value is -8.15. The number of rotatable bonds is 11. The van der Waals surface area contributed by atoms with Gasteiger partial charge in [-0.3, -0.25) is 0 Å². The molecule has 3 heterocycles. The van der Waals surface area contributed by atoms with E-state index in [-0.39, 0.29) is 0 Å². The van der Waals surface area contributed by atoms with Crippen LogP contribution in [0, 0.1) is 0 Å².